The Morgan fingerprint density at radius 2 is 2.00 bits per heavy atom. The Labute approximate surface area is 163 Å². The van der Waals surface area contributed by atoms with Gasteiger partial charge >= 0.3 is 0 Å². The van der Waals surface area contributed by atoms with Gasteiger partial charge in [0, 0.05) is 25.8 Å². The number of hydrogen-bond acceptors (Lipinski definition) is 5. The standard InChI is InChI=1S/C21H23N5O2/c1-15-5-4-6-17-20(15)24-14-26(21(17)28)13-19(27)23-12-16-7-8-22-18(11-16)25-9-2-3-10-25/h4-8,11,14H,2-3,9-10,12-13H2,1H3,(H,23,27). The minimum atomic E-state index is -0.226. The van der Waals surface area contributed by atoms with Crippen LogP contribution in [-0.2, 0) is 17.9 Å². The van der Waals surface area contributed by atoms with Crippen LogP contribution in [-0.4, -0.2) is 33.5 Å². The van der Waals surface area contributed by atoms with Crippen LogP contribution < -0.4 is 15.8 Å². The first-order chi connectivity index (χ1) is 13.6. The van der Waals surface area contributed by atoms with Crippen molar-refractivity contribution < 1.29 is 4.79 Å². The summed E-state index contributed by atoms with van der Waals surface area (Å²) < 4.78 is 1.35. The van der Waals surface area contributed by atoms with E-state index in [1.54, 1.807) is 12.3 Å². The van der Waals surface area contributed by atoms with Gasteiger partial charge < -0.3 is 10.2 Å². The SMILES string of the molecule is Cc1cccc2c(=O)n(CC(=O)NCc3ccnc(N4CCCC4)c3)cnc12. The Morgan fingerprint density at radius 3 is 2.82 bits per heavy atom. The highest BCUT2D eigenvalue weighted by Gasteiger charge is 2.14. The monoisotopic (exact) mass is 377 g/mol. The fourth-order valence-corrected chi connectivity index (χ4v) is 3.55. The zero-order valence-electron chi connectivity index (χ0n) is 15.9. The molecule has 4 rings (SSSR count). The maximum Gasteiger partial charge on any atom is 0.261 e. The number of nitrogens with one attached hydrogen (secondary N) is 1. The Hall–Kier alpha value is -3.22. The van der Waals surface area contributed by atoms with Gasteiger partial charge in [0.1, 0.15) is 12.4 Å². The lowest BCUT2D eigenvalue weighted by Crippen LogP contribution is -2.32. The van der Waals surface area contributed by atoms with Gasteiger partial charge in [-0.05, 0) is 49.1 Å². The largest absolute Gasteiger partial charge is 0.357 e. The van der Waals surface area contributed by atoms with Crippen LogP contribution in [0.2, 0.25) is 0 Å². The minimum absolute atomic E-state index is 0.0558. The van der Waals surface area contributed by atoms with Crippen molar-refractivity contribution in [3.63, 3.8) is 0 Å². The van der Waals surface area contributed by atoms with Crippen LogP contribution in [0.5, 0.6) is 0 Å². The van der Waals surface area contributed by atoms with E-state index in [0.717, 1.165) is 30.0 Å². The van der Waals surface area contributed by atoms with Gasteiger partial charge in [0.25, 0.3) is 5.56 Å². The summed E-state index contributed by atoms with van der Waals surface area (Å²) >= 11 is 0. The van der Waals surface area contributed by atoms with E-state index in [0.29, 0.717) is 17.4 Å². The van der Waals surface area contributed by atoms with Crippen LogP contribution in [0.15, 0.2) is 47.7 Å². The number of carbonyl (C=O) groups excluding carboxylic acids is 1. The number of carbonyl (C=O) groups is 1. The molecule has 144 valence electrons. The van der Waals surface area contributed by atoms with Crippen LogP contribution in [0.25, 0.3) is 10.9 Å². The minimum Gasteiger partial charge on any atom is -0.357 e. The number of pyridine rings is 1. The average molecular weight is 377 g/mol. The molecule has 0 saturated carbocycles. The lowest BCUT2D eigenvalue weighted by atomic mass is 10.1. The van der Waals surface area contributed by atoms with Crippen molar-refractivity contribution in [2.75, 3.05) is 18.0 Å². The molecule has 7 nitrogen and oxygen atoms in total. The normalized spacial score (nSPS) is 13.8. The van der Waals surface area contributed by atoms with E-state index >= 15 is 0 Å². The van der Waals surface area contributed by atoms with E-state index in [-0.39, 0.29) is 18.0 Å². The van der Waals surface area contributed by atoms with Gasteiger partial charge in [-0.3, -0.25) is 14.2 Å². The molecule has 1 amide bonds. The molecular weight excluding hydrogens is 354 g/mol. The van der Waals surface area contributed by atoms with Crippen molar-refractivity contribution in [3.05, 3.63) is 64.3 Å². The summed E-state index contributed by atoms with van der Waals surface area (Å²) in [4.78, 5) is 36.0. The molecule has 0 atom stereocenters. The van der Waals surface area contributed by atoms with Crippen LogP contribution in [0.1, 0.15) is 24.0 Å². The van der Waals surface area contributed by atoms with E-state index in [9.17, 15) is 9.59 Å². The van der Waals surface area contributed by atoms with Gasteiger partial charge in [0.05, 0.1) is 17.2 Å². The number of anilines is 1. The topological polar surface area (TPSA) is 80.1 Å². The van der Waals surface area contributed by atoms with Gasteiger partial charge in [0.15, 0.2) is 0 Å². The summed E-state index contributed by atoms with van der Waals surface area (Å²) in [6, 6.07) is 9.39. The van der Waals surface area contributed by atoms with Crippen LogP contribution in [0.4, 0.5) is 5.82 Å². The Morgan fingerprint density at radius 1 is 1.18 bits per heavy atom. The molecule has 3 aromatic rings. The van der Waals surface area contributed by atoms with Crippen LogP contribution >= 0.6 is 0 Å². The van der Waals surface area contributed by atoms with E-state index in [1.165, 1.54) is 23.7 Å². The first kappa shape index (κ1) is 18.2. The molecule has 0 radical (unpaired) electrons. The second-order valence-corrected chi connectivity index (χ2v) is 7.14. The van der Waals surface area contributed by atoms with Crippen molar-refractivity contribution in [2.24, 2.45) is 0 Å². The smallest absolute Gasteiger partial charge is 0.261 e. The molecule has 28 heavy (non-hydrogen) atoms. The summed E-state index contributed by atoms with van der Waals surface area (Å²) in [5.41, 5.74) is 2.40. The highest BCUT2D eigenvalue weighted by atomic mass is 16.2. The number of amides is 1. The molecule has 0 bridgehead atoms. The van der Waals surface area contributed by atoms with E-state index in [4.69, 9.17) is 0 Å². The lowest BCUT2D eigenvalue weighted by Gasteiger charge is -2.17. The fraction of sp³-hybridized carbons (Fsp3) is 0.333. The first-order valence-corrected chi connectivity index (χ1v) is 9.53. The second-order valence-electron chi connectivity index (χ2n) is 7.14. The maximum atomic E-state index is 12.6. The molecule has 0 spiro atoms. The molecule has 1 aliphatic heterocycles. The molecule has 1 fully saturated rings. The van der Waals surface area contributed by atoms with Crippen molar-refractivity contribution in [1.29, 1.82) is 0 Å². The first-order valence-electron chi connectivity index (χ1n) is 9.53. The Bertz CT molecular complexity index is 1070. The van der Waals surface area contributed by atoms with E-state index in [1.807, 2.05) is 31.2 Å². The molecule has 1 saturated heterocycles. The van der Waals surface area contributed by atoms with E-state index in [2.05, 4.69) is 20.2 Å². The number of aromatic nitrogens is 3. The molecular formula is C21H23N5O2. The number of para-hydroxylation sites is 1. The number of rotatable bonds is 5. The van der Waals surface area contributed by atoms with Crippen LogP contribution in [0.3, 0.4) is 0 Å². The maximum absolute atomic E-state index is 12.6. The molecule has 0 unspecified atom stereocenters. The Balaban J connectivity index is 1.42. The van der Waals surface area contributed by atoms with Crippen molar-refractivity contribution >= 4 is 22.6 Å². The molecule has 1 aromatic carbocycles. The number of nitrogens with zero attached hydrogens (tertiary/aromatic N) is 4. The van der Waals surface area contributed by atoms with E-state index < -0.39 is 0 Å². The van der Waals surface area contributed by atoms with Crippen molar-refractivity contribution in [3.8, 4) is 0 Å². The fourth-order valence-electron chi connectivity index (χ4n) is 3.55. The van der Waals surface area contributed by atoms with Crippen LogP contribution in [0, 0.1) is 6.92 Å². The third-order valence-electron chi connectivity index (χ3n) is 5.10. The summed E-state index contributed by atoms with van der Waals surface area (Å²) in [5, 5.41) is 3.41. The molecule has 1 aliphatic rings. The molecule has 7 heteroatoms. The third-order valence-corrected chi connectivity index (χ3v) is 5.10. The molecule has 1 N–H and O–H groups in total. The highest BCUT2D eigenvalue weighted by Crippen LogP contribution is 2.18. The zero-order valence-corrected chi connectivity index (χ0v) is 15.9. The summed E-state index contributed by atoms with van der Waals surface area (Å²) in [5.74, 6) is 0.727. The predicted octanol–water partition coefficient (Wildman–Crippen LogP) is 2.02. The second kappa shape index (κ2) is 7.80. The third kappa shape index (κ3) is 3.74. The quantitative estimate of drug-likeness (QED) is 0.736. The number of fused-ring (bicyclic) bond motifs is 1. The van der Waals surface area contributed by atoms with Gasteiger partial charge in [-0.15, -0.1) is 0 Å². The highest BCUT2D eigenvalue weighted by molar-refractivity contribution is 5.81. The zero-order chi connectivity index (χ0) is 19.5. The molecule has 0 aliphatic carbocycles. The molecule has 2 aromatic heterocycles. The van der Waals surface area contributed by atoms with Crippen molar-refractivity contribution in [2.45, 2.75) is 32.9 Å². The average Bonchev–Trinajstić information content (AvgIpc) is 3.24. The van der Waals surface area contributed by atoms with Gasteiger partial charge in [-0.25, -0.2) is 9.97 Å². The Kier molecular flexibility index (Phi) is 5.06. The summed E-state index contributed by atoms with van der Waals surface area (Å²) in [7, 11) is 0. The summed E-state index contributed by atoms with van der Waals surface area (Å²) in [6.45, 7) is 4.31. The number of hydrogen-bond donors (Lipinski definition) is 1. The van der Waals surface area contributed by atoms with Gasteiger partial charge in [-0.2, -0.15) is 0 Å². The van der Waals surface area contributed by atoms with Crippen molar-refractivity contribution in [1.82, 2.24) is 19.9 Å². The number of aryl methyl sites for hydroxylation is 1. The molecule has 3 heterocycles. The lowest BCUT2D eigenvalue weighted by molar-refractivity contribution is -0.121. The number of benzene rings is 1. The summed E-state index contributed by atoms with van der Waals surface area (Å²) in [6.07, 6.45) is 5.60. The van der Waals surface area contributed by atoms with Gasteiger partial charge in [-0.1, -0.05) is 12.1 Å². The predicted molar refractivity (Wildman–Crippen MR) is 108 cm³/mol. The van der Waals surface area contributed by atoms with Gasteiger partial charge in [0.2, 0.25) is 5.91 Å².